The van der Waals surface area contributed by atoms with Gasteiger partial charge in [0.05, 0.1) is 8.07 Å². The van der Waals surface area contributed by atoms with Gasteiger partial charge in [-0.1, -0.05) is 67.7 Å². The first-order chi connectivity index (χ1) is 8.48. The van der Waals surface area contributed by atoms with Crippen LogP contribution < -0.4 is 0 Å². The van der Waals surface area contributed by atoms with Gasteiger partial charge in [0.2, 0.25) is 0 Å². The highest BCUT2D eigenvalue weighted by Crippen LogP contribution is 2.48. The highest BCUT2D eigenvalue weighted by molar-refractivity contribution is 6.78. The van der Waals surface area contributed by atoms with Crippen molar-refractivity contribution >= 4 is 8.07 Å². The molecule has 2 aromatic rings. The topological polar surface area (TPSA) is 0 Å². The summed E-state index contributed by atoms with van der Waals surface area (Å²) in [5.74, 6) is 0. The van der Waals surface area contributed by atoms with E-state index >= 15 is 0 Å². The van der Waals surface area contributed by atoms with Crippen molar-refractivity contribution in [3.63, 3.8) is 0 Å². The molecule has 0 aromatic heterocycles. The van der Waals surface area contributed by atoms with Crippen LogP contribution in [0, 0.1) is 6.92 Å². The van der Waals surface area contributed by atoms with Crippen molar-refractivity contribution in [3.05, 3.63) is 59.2 Å². The normalized spacial score (nSPS) is 17.4. The Balaban J connectivity index is 2.32. The predicted molar refractivity (Wildman–Crippen MR) is 81.8 cm³/mol. The molecular weight excluding hydrogens is 232 g/mol. The molecule has 2 aromatic carbocycles. The molecule has 1 heteroatoms. The van der Waals surface area contributed by atoms with Crippen LogP contribution >= 0.6 is 0 Å². The van der Waals surface area contributed by atoms with E-state index in [1.54, 1.807) is 11.1 Å². The first-order valence-electron chi connectivity index (χ1n) is 6.68. The number of hydrogen-bond donors (Lipinski definition) is 0. The molecule has 92 valence electrons. The van der Waals surface area contributed by atoms with E-state index < -0.39 is 8.07 Å². The average Bonchev–Trinajstić information content (AvgIpc) is 2.61. The van der Waals surface area contributed by atoms with Crippen LogP contribution in [0.25, 0.3) is 11.1 Å². The van der Waals surface area contributed by atoms with Gasteiger partial charge in [-0.15, -0.1) is 0 Å². The van der Waals surface area contributed by atoms with E-state index in [0.717, 1.165) is 0 Å². The van der Waals surface area contributed by atoms with Crippen molar-refractivity contribution < 1.29 is 0 Å². The van der Waals surface area contributed by atoms with Gasteiger partial charge < -0.3 is 0 Å². The van der Waals surface area contributed by atoms with Crippen LogP contribution in [0.2, 0.25) is 19.6 Å². The highest BCUT2D eigenvalue weighted by atomic mass is 28.3. The average molecular weight is 252 g/mol. The third-order valence-electron chi connectivity index (χ3n) is 3.95. The Kier molecular flexibility index (Phi) is 2.49. The fourth-order valence-corrected chi connectivity index (χ4v) is 5.62. The van der Waals surface area contributed by atoms with E-state index in [1.165, 1.54) is 16.7 Å². The zero-order valence-corrected chi connectivity index (χ0v) is 12.6. The zero-order chi connectivity index (χ0) is 12.9. The van der Waals surface area contributed by atoms with E-state index in [4.69, 9.17) is 0 Å². The van der Waals surface area contributed by atoms with Crippen LogP contribution in [-0.2, 0) is 0 Å². The van der Waals surface area contributed by atoms with Crippen LogP contribution in [0.1, 0.15) is 22.2 Å². The Hall–Kier alpha value is -1.34. The third-order valence-corrected chi connectivity index (χ3v) is 6.30. The van der Waals surface area contributed by atoms with Crippen LogP contribution in [-0.4, -0.2) is 8.07 Å². The number of fused-ring (bicyclic) bond motifs is 3. The van der Waals surface area contributed by atoms with Gasteiger partial charge in [-0.25, -0.2) is 0 Å². The summed E-state index contributed by atoms with van der Waals surface area (Å²) in [5.41, 5.74) is 8.07. The molecule has 0 saturated heterocycles. The van der Waals surface area contributed by atoms with Gasteiger partial charge in [0, 0.05) is 5.54 Å². The van der Waals surface area contributed by atoms with Crippen LogP contribution in [0.4, 0.5) is 0 Å². The Morgan fingerprint density at radius 2 is 1.50 bits per heavy atom. The number of hydrogen-bond acceptors (Lipinski definition) is 0. The molecule has 18 heavy (non-hydrogen) atoms. The lowest BCUT2D eigenvalue weighted by molar-refractivity contribution is 1.12. The molecule has 0 saturated carbocycles. The molecule has 0 N–H and O–H groups in total. The molecule has 0 amide bonds. The predicted octanol–water partition coefficient (Wildman–Crippen LogP) is 4.98. The number of rotatable bonds is 1. The second-order valence-electron chi connectivity index (χ2n) is 6.48. The summed E-state index contributed by atoms with van der Waals surface area (Å²) in [6.45, 7) is 9.63. The quantitative estimate of drug-likeness (QED) is 0.628. The molecule has 0 fully saturated rings. The minimum atomic E-state index is -1.25. The van der Waals surface area contributed by atoms with E-state index in [9.17, 15) is 0 Å². The Bertz CT molecular complexity index is 605. The maximum atomic E-state index is 2.48. The van der Waals surface area contributed by atoms with Crippen LogP contribution in [0.3, 0.4) is 0 Å². The van der Waals surface area contributed by atoms with Gasteiger partial charge in [-0.3, -0.25) is 0 Å². The summed E-state index contributed by atoms with van der Waals surface area (Å²) in [7, 11) is -1.25. The molecule has 3 rings (SSSR count). The smallest absolute Gasteiger partial charge is 0.0574 e. The number of benzene rings is 2. The van der Waals surface area contributed by atoms with Gasteiger partial charge in [0.1, 0.15) is 0 Å². The number of aryl methyl sites for hydroxylation is 1. The van der Waals surface area contributed by atoms with Crippen molar-refractivity contribution in [2.45, 2.75) is 32.1 Å². The Labute approximate surface area is 111 Å². The van der Waals surface area contributed by atoms with Crippen molar-refractivity contribution in [1.82, 2.24) is 0 Å². The lowest BCUT2D eigenvalue weighted by Gasteiger charge is -2.27. The molecule has 1 aliphatic carbocycles. The summed E-state index contributed by atoms with van der Waals surface area (Å²) >= 11 is 0. The van der Waals surface area contributed by atoms with Gasteiger partial charge in [0.25, 0.3) is 0 Å². The second kappa shape index (κ2) is 3.82. The molecular formula is C17H20Si. The Morgan fingerprint density at radius 1 is 0.833 bits per heavy atom. The summed E-state index contributed by atoms with van der Waals surface area (Å²) in [6.07, 6.45) is 0. The maximum absolute atomic E-state index is 2.48. The lowest BCUT2D eigenvalue weighted by Crippen LogP contribution is -2.30. The monoisotopic (exact) mass is 252 g/mol. The molecule has 0 aliphatic heterocycles. The maximum Gasteiger partial charge on any atom is 0.0574 e. The summed E-state index contributed by atoms with van der Waals surface area (Å²) in [5, 5.41) is 0. The van der Waals surface area contributed by atoms with E-state index in [-0.39, 0.29) is 0 Å². The van der Waals surface area contributed by atoms with Crippen molar-refractivity contribution in [2.75, 3.05) is 0 Å². The van der Waals surface area contributed by atoms with E-state index in [1.807, 2.05) is 0 Å². The van der Waals surface area contributed by atoms with Crippen LogP contribution in [0.15, 0.2) is 42.5 Å². The standard InChI is InChI=1S/C17H20Si/c1-12-9-10-14-13-7-5-6-8-15(13)17(16(14)11-12)18(2,3)4/h5-11,17H,1-4H3. The van der Waals surface area contributed by atoms with Gasteiger partial charge in [-0.05, 0) is 29.2 Å². The van der Waals surface area contributed by atoms with Crippen molar-refractivity contribution in [3.8, 4) is 11.1 Å². The van der Waals surface area contributed by atoms with Crippen LogP contribution in [0.5, 0.6) is 0 Å². The lowest BCUT2D eigenvalue weighted by atomic mass is 10.0. The summed E-state index contributed by atoms with van der Waals surface area (Å²) < 4.78 is 0. The first kappa shape index (κ1) is 11.7. The Morgan fingerprint density at radius 3 is 2.22 bits per heavy atom. The molecule has 1 aliphatic rings. The second-order valence-corrected chi connectivity index (χ2v) is 11.8. The zero-order valence-electron chi connectivity index (χ0n) is 11.6. The molecule has 1 unspecified atom stereocenters. The molecule has 0 bridgehead atoms. The van der Waals surface area contributed by atoms with Gasteiger partial charge in [-0.2, -0.15) is 0 Å². The summed E-state index contributed by atoms with van der Waals surface area (Å²) in [6, 6.07) is 15.9. The fourth-order valence-electron chi connectivity index (χ4n) is 3.26. The SMILES string of the molecule is Cc1ccc2c(c1)C([Si](C)(C)C)c1ccccc1-2. The minimum absolute atomic E-state index is 0.656. The minimum Gasteiger partial charge on any atom is -0.0688 e. The van der Waals surface area contributed by atoms with Gasteiger partial charge in [0.15, 0.2) is 0 Å². The molecule has 0 spiro atoms. The highest BCUT2D eigenvalue weighted by Gasteiger charge is 2.37. The molecule has 0 heterocycles. The van der Waals surface area contributed by atoms with E-state index in [2.05, 4.69) is 69.0 Å². The molecule has 0 nitrogen and oxygen atoms in total. The first-order valence-corrected chi connectivity index (χ1v) is 10.3. The third kappa shape index (κ3) is 1.65. The van der Waals surface area contributed by atoms with Crippen molar-refractivity contribution in [2.24, 2.45) is 0 Å². The molecule has 0 radical (unpaired) electrons. The van der Waals surface area contributed by atoms with Crippen molar-refractivity contribution in [1.29, 1.82) is 0 Å². The van der Waals surface area contributed by atoms with Gasteiger partial charge >= 0.3 is 0 Å². The largest absolute Gasteiger partial charge is 0.0688 e. The molecule has 1 atom stereocenters. The summed E-state index contributed by atoms with van der Waals surface area (Å²) in [4.78, 5) is 0. The fraction of sp³-hybridized carbons (Fsp3) is 0.294. The van der Waals surface area contributed by atoms with E-state index in [0.29, 0.717) is 5.54 Å².